The molecule has 0 aromatic heterocycles. The van der Waals surface area contributed by atoms with Crippen LogP contribution in [0.4, 0.5) is 4.79 Å². The van der Waals surface area contributed by atoms with Crippen molar-refractivity contribution in [1.29, 1.82) is 0 Å². The number of rotatable bonds is 3. The molecule has 1 aromatic rings. The number of piperazine rings is 1. The van der Waals surface area contributed by atoms with Crippen LogP contribution in [0, 0.1) is 0 Å². The topological polar surface area (TPSA) is 53.1 Å². The van der Waals surface area contributed by atoms with Gasteiger partial charge in [0.2, 0.25) is 5.91 Å². The fraction of sp³-hybridized carbons (Fsp3) is 0.579. The molecule has 0 N–H and O–H groups in total. The van der Waals surface area contributed by atoms with Crippen molar-refractivity contribution in [2.24, 2.45) is 0 Å². The van der Waals surface area contributed by atoms with E-state index in [2.05, 4.69) is 11.9 Å². The van der Waals surface area contributed by atoms with Gasteiger partial charge in [0, 0.05) is 32.7 Å². The van der Waals surface area contributed by atoms with E-state index in [1.54, 1.807) is 4.90 Å². The van der Waals surface area contributed by atoms with Crippen molar-refractivity contribution in [3.63, 3.8) is 0 Å². The van der Waals surface area contributed by atoms with Crippen LogP contribution >= 0.6 is 0 Å². The molecule has 0 radical (unpaired) electrons. The third-order valence-corrected chi connectivity index (χ3v) is 5.32. The molecule has 0 aliphatic carbocycles. The number of nitrogens with zero attached hydrogens (tertiary/aromatic N) is 3. The molecule has 0 bridgehead atoms. The van der Waals surface area contributed by atoms with Crippen molar-refractivity contribution in [1.82, 2.24) is 14.7 Å². The van der Waals surface area contributed by atoms with Crippen molar-refractivity contribution < 1.29 is 14.3 Å². The van der Waals surface area contributed by atoms with Crippen LogP contribution in [0.25, 0.3) is 0 Å². The summed E-state index contributed by atoms with van der Waals surface area (Å²) in [6.07, 6.45) is 1.13. The fourth-order valence-electron chi connectivity index (χ4n) is 3.63. The highest BCUT2D eigenvalue weighted by Gasteiger charge is 2.48. The van der Waals surface area contributed by atoms with E-state index in [0.29, 0.717) is 13.0 Å². The van der Waals surface area contributed by atoms with E-state index in [0.717, 1.165) is 38.2 Å². The van der Waals surface area contributed by atoms with Gasteiger partial charge in [0.1, 0.15) is 12.1 Å². The summed E-state index contributed by atoms with van der Waals surface area (Å²) < 4.78 is 5.47. The monoisotopic (exact) mass is 345 g/mol. The highest BCUT2D eigenvalue weighted by molar-refractivity contribution is 5.90. The van der Waals surface area contributed by atoms with Gasteiger partial charge in [-0.1, -0.05) is 30.3 Å². The Kier molecular flexibility index (Phi) is 5.27. The SMILES string of the molecule is CN1CCN(C(=O)C2(C)CCCN2C(=O)OCc2ccccc2)CC1. The maximum absolute atomic E-state index is 13.1. The Hall–Kier alpha value is -2.08. The number of ether oxygens (including phenoxy) is 1. The van der Waals surface area contributed by atoms with Crippen molar-refractivity contribution in [2.45, 2.75) is 31.9 Å². The largest absolute Gasteiger partial charge is 0.445 e. The average Bonchev–Trinajstić information content (AvgIpc) is 3.03. The number of amides is 2. The number of hydrogen-bond donors (Lipinski definition) is 0. The second-order valence-corrected chi connectivity index (χ2v) is 7.16. The molecule has 2 aliphatic rings. The second-order valence-electron chi connectivity index (χ2n) is 7.16. The van der Waals surface area contributed by atoms with Gasteiger partial charge in [-0.2, -0.15) is 0 Å². The minimum Gasteiger partial charge on any atom is -0.445 e. The molecule has 1 aromatic carbocycles. The Morgan fingerprint density at radius 3 is 2.44 bits per heavy atom. The zero-order valence-electron chi connectivity index (χ0n) is 15.1. The minimum atomic E-state index is -0.788. The first-order valence-corrected chi connectivity index (χ1v) is 8.97. The molecule has 3 rings (SSSR count). The first-order valence-electron chi connectivity index (χ1n) is 8.97. The predicted octanol–water partition coefficient (Wildman–Crippen LogP) is 1.95. The van der Waals surface area contributed by atoms with Gasteiger partial charge in [-0.3, -0.25) is 9.69 Å². The van der Waals surface area contributed by atoms with Crippen molar-refractivity contribution >= 4 is 12.0 Å². The van der Waals surface area contributed by atoms with E-state index in [-0.39, 0.29) is 12.5 Å². The van der Waals surface area contributed by atoms with Crippen LogP contribution in [0.15, 0.2) is 30.3 Å². The quantitative estimate of drug-likeness (QED) is 0.840. The molecule has 25 heavy (non-hydrogen) atoms. The highest BCUT2D eigenvalue weighted by Crippen LogP contribution is 2.32. The first kappa shape index (κ1) is 17.7. The molecule has 2 amide bonds. The van der Waals surface area contributed by atoms with Gasteiger partial charge in [-0.15, -0.1) is 0 Å². The third kappa shape index (κ3) is 3.79. The van der Waals surface area contributed by atoms with Crippen molar-refractivity contribution in [3.8, 4) is 0 Å². The number of carbonyl (C=O) groups is 2. The van der Waals surface area contributed by atoms with Gasteiger partial charge in [0.15, 0.2) is 0 Å². The molecule has 1 unspecified atom stereocenters. The zero-order chi connectivity index (χ0) is 17.9. The van der Waals surface area contributed by atoms with Crippen LogP contribution in [-0.4, -0.2) is 72.0 Å². The molecule has 136 valence electrons. The summed E-state index contributed by atoms with van der Waals surface area (Å²) in [4.78, 5) is 31.4. The lowest BCUT2D eigenvalue weighted by Crippen LogP contribution is -2.59. The maximum Gasteiger partial charge on any atom is 0.410 e. The molecule has 2 heterocycles. The Bertz CT molecular complexity index is 614. The van der Waals surface area contributed by atoms with Crippen LogP contribution in [0.3, 0.4) is 0 Å². The number of benzene rings is 1. The molecule has 2 saturated heterocycles. The average molecular weight is 345 g/mol. The van der Waals surface area contributed by atoms with Crippen LogP contribution in [0.1, 0.15) is 25.3 Å². The summed E-state index contributed by atoms with van der Waals surface area (Å²) in [6, 6.07) is 9.61. The number of carbonyl (C=O) groups excluding carboxylic acids is 2. The number of hydrogen-bond acceptors (Lipinski definition) is 4. The van der Waals surface area contributed by atoms with Crippen molar-refractivity contribution in [2.75, 3.05) is 39.8 Å². The predicted molar refractivity (Wildman–Crippen MR) is 95.0 cm³/mol. The summed E-state index contributed by atoms with van der Waals surface area (Å²) >= 11 is 0. The molecular formula is C19H27N3O3. The van der Waals surface area contributed by atoms with E-state index in [1.165, 1.54) is 0 Å². The van der Waals surface area contributed by atoms with Gasteiger partial charge < -0.3 is 14.5 Å². The third-order valence-electron chi connectivity index (χ3n) is 5.32. The maximum atomic E-state index is 13.1. The van der Waals surface area contributed by atoms with Crippen LogP contribution in [0.5, 0.6) is 0 Å². The number of likely N-dealkylation sites (N-methyl/N-ethyl adjacent to an activating group) is 1. The number of likely N-dealkylation sites (tertiary alicyclic amines) is 1. The Morgan fingerprint density at radius 1 is 1.08 bits per heavy atom. The molecular weight excluding hydrogens is 318 g/mol. The van der Waals surface area contributed by atoms with Gasteiger partial charge in [-0.05, 0) is 32.4 Å². The van der Waals surface area contributed by atoms with Crippen LogP contribution < -0.4 is 0 Å². The van der Waals surface area contributed by atoms with E-state index in [4.69, 9.17) is 4.74 Å². The molecule has 6 nitrogen and oxygen atoms in total. The minimum absolute atomic E-state index is 0.0507. The van der Waals surface area contributed by atoms with E-state index >= 15 is 0 Å². The van der Waals surface area contributed by atoms with E-state index < -0.39 is 11.6 Å². The summed E-state index contributed by atoms with van der Waals surface area (Å²) in [5, 5.41) is 0. The lowest BCUT2D eigenvalue weighted by molar-refractivity contribution is -0.143. The highest BCUT2D eigenvalue weighted by atomic mass is 16.6. The zero-order valence-corrected chi connectivity index (χ0v) is 15.1. The summed E-state index contributed by atoms with van der Waals surface area (Å²) in [5.41, 5.74) is 0.158. The van der Waals surface area contributed by atoms with Crippen molar-refractivity contribution in [3.05, 3.63) is 35.9 Å². The van der Waals surface area contributed by atoms with Crippen LogP contribution in [0.2, 0.25) is 0 Å². The Balaban J connectivity index is 1.64. The Morgan fingerprint density at radius 2 is 1.76 bits per heavy atom. The fourth-order valence-corrected chi connectivity index (χ4v) is 3.63. The van der Waals surface area contributed by atoms with Crippen LogP contribution in [-0.2, 0) is 16.1 Å². The molecule has 2 aliphatic heterocycles. The summed E-state index contributed by atoms with van der Waals surface area (Å²) in [6.45, 7) is 5.87. The van der Waals surface area contributed by atoms with Gasteiger partial charge in [0.25, 0.3) is 0 Å². The van der Waals surface area contributed by atoms with Gasteiger partial charge >= 0.3 is 6.09 Å². The summed E-state index contributed by atoms with van der Waals surface area (Å²) in [7, 11) is 2.06. The normalized spacial score (nSPS) is 24.4. The molecule has 2 fully saturated rings. The molecule has 1 atom stereocenters. The molecule has 0 spiro atoms. The van der Waals surface area contributed by atoms with Gasteiger partial charge in [0.05, 0.1) is 0 Å². The molecule has 0 saturated carbocycles. The smallest absolute Gasteiger partial charge is 0.410 e. The van der Waals surface area contributed by atoms with Gasteiger partial charge in [-0.25, -0.2) is 4.79 Å². The molecule has 6 heteroatoms. The second kappa shape index (κ2) is 7.44. The van der Waals surface area contributed by atoms with E-state index in [1.807, 2.05) is 42.2 Å². The van der Waals surface area contributed by atoms with E-state index in [9.17, 15) is 9.59 Å². The standard InChI is InChI=1S/C19H27N3O3/c1-19(17(23)21-13-11-20(2)12-14-21)9-6-10-22(19)18(24)25-15-16-7-4-3-5-8-16/h3-5,7-8H,6,9-15H2,1-2H3. The lowest BCUT2D eigenvalue weighted by atomic mass is 9.96. The first-order chi connectivity index (χ1) is 12.0. The Labute approximate surface area is 149 Å². The lowest BCUT2D eigenvalue weighted by Gasteiger charge is -2.40. The summed E-state index contributed by atoms with van der Waals surface area (Å²) in [5.74, 6) is 0.0507.